The zero-order chi connectivity index (χ0) is 26.8. The van der Waals surface area contributed by atoms with Crippen LogP contribution in [-0.4, -0.2) is 71.8 Å². The third-order valence-corrected chi connectivity index (χ3v) is 6.29. The molecule has 2 aromatic carbocycles. The summed E-state index contributed by atoms with van der Waals surface area (Å²) >= 11 is 0. The van der Waals surface area contributed by atoms with Crippen molar-refractivity contribution in [1.29, 1.82) is 0 Å². The molecule has 6 heteroatoms. The maximum absolute atomic E-state index is 13.0. The maximum Gasteiger partial charge on any atom is 0.233 e. The number of nitrogens with zero attached hydrogens (tertiary/aromatic N) is 2. The van der Waals surface area contributed by atoms with Gasteiger partial charge in [0.25, 0.3) is 0 Å². The second kappa shape index (κ2) is 14.1. The third kappa shape index (κ3) is 8.75. The first-order valence-electron chi connectivity index (χ1n) is 13.1. The van der Waals surface area contributed by atoms with E-state index < -0.39 is 11.6 Å². The van der Waals surface area contributed by atoms with Gasteiger partial charge in [0, 0.05) is 48.4 Å². The van der Waals surface area contributed by atoms with Crippen molar-refractivity contribution in [2.45, 2.75) is 79.6 Å². The Bertz CT molecular complexity index is 889. The van der Waals surface area contributed by atoms with Crippen molar-refractivity contribution in [1.82, 2.24) is 9.80 Å². The van der Waals surface area contributed by atoms with Crippen LogP contribution in [0.4, 0.5) is 0 Å². The minimum absolute atomic E-state index is 0.318. The van der Waals surface area contributed by atoms with Crippen molar-refractivity contribution in [3.05, 3.63) is 59.7 Å². The summed E-state index contributed by atoms with van der Waals surface area (Å²) < 4.78 is 11.8. The van der Waals surface area contributed by atoms with Gasteiger partial charge in [-0.3, -0.25) is 19.4 Å². The van der Waals surface area contributed by atoms with Gasteiger partial charge < -0.3 is 9.47 Å². The lowest BCUT2D eigenvalue weighted by Crippen LogP contribution is -2.39. The molecule has 0 unspecified atom stereocenters. The van der Waals surface area contributed by atoms with Crippen molar-refractivity contribution < 1.29 is 19.1 Å². The van der Waals surface area contributed by atoms with Crippen LogP contribution in [0.1, 0.15) is 76.1 Å². The summed E-state index contributed by atoms with van der Waals surface area (Å²) in [6.45, 7) is 19.9. The van der Waals surface area contributed by atoms with E-state index in [4.69, 9.17) is 9.47 Å². The quantitative estimate of drug-likeness (QED) is 0.231. The highest BCUT2D eigenvalue weighted by Crippen LogP contribution is 2.19. The Morgan fingerprint density at radius 1 is 0.611 bits per heavy atom. The molecule has 198 valence electrons. The summed E-state index contributed by atoms with van der Waals surface area (Å²) in [5.74, 6) is 0.0415. The Kier molecular flexibility index (Phi) is 11.6. The van der Waals surface area contributed by atoms with E-state index in [1.165, 1.54) is 0 Å². The molecule has 0 radical (unpaired) electrons. The molecule has 0 saturated heterocycles. The molecule has 0 aliphatic carbocycles. The van der Waals surface area contributed by atoms with Gasteiger partial charge in [0.1, 0.15) is 24.7 Å². The fourth-order valence-electron chi connectivity index (χ4n) is 4.48. The van der Waals surface area contributed by atoms with E-state index in [0.717, 1.165) is 13.1 Å². The molecule has 36 heavy (non-hydrogen) atoms. The fraction of sp³-hybridized carbons (Fsp3) is 0.533. The van der Waals surface area contributed by atoms with Gasteiger partial charge in [-0.15, -0.1) is 0 Å². The number of Topliss-reactive ketones (excluding diaryl/α,β-unsaturated/α-hetero) is 2. The first-order chi connectivity index (χ1) is 17.0. The van der Waals surface area contributed by atoms with Crippen LogP contribution < -0.4 is 9.47 Å². The van der Waals surface area contributed by atoms with Crippen LogP contribution in [0, 0.1) is 0 Å². The minimum atomic E-state index is -0.561. The molecule has 2 rings (SSSR count). The zero-order valence-electron chi connectivity index (χ0n) is 23.3. The first-order valence-corrected chi connectivity index (χ1v) is 13.1. The van der Waals surface area contributed by atoms with Gasteiger partial charge in [0.05, 0.1) is 0 Å². The number of carbonyl (C=O) groups is 2. The van der Waals surface area contributed by atoms with Gasteiger partial charge in [-0.2, -0.15) is 0 Å². The maximum atomic E-state index is 13.0. The normalized spacial score (nSPS) is 11.8. The number of ketones is 2. The highest BCUT2D eigenvalue weighted by Gasteiger charge is 2.20. The molecule has 0 spiro atoms. The smallest absolute Gasteiger partial charge is 0.233 e. The number of hydrogen-bond donors (Lipinski definition) is 0. The summed E-state index contributed by atoms with van der Waals surface area (Å²) in [5.41, 5.74) is 0.635. The van der Waals surface area contributed by atoms with Crippen LogP contribution in [0.25, 0.3) is 0 Å². The van der Waals surface area contributed by atoms with E-state index in [0.29, 0.717) is 60.0 Å². The molecule has 0 bridgehead atoms. The molecule has 0 saturated carbocycles. The van der Waals surface area contributed by atoms with E-state index in [9.17, 15) is 9.59 Å². The Morgan fingerprint density at radius 2 is 0.944 bits per heavy atom. The van der Waals surface area contributed by atoms with Gasteiger partial charge in [-0.05, 0) is 79.7 Å². The number of rotatable bonds is 15. The van der Waals surface area contributed by atoms with Crippen LogP contribution in [-0.2, 0) is 0 Å². The van der Waals surface area contributed by atoms with Crippen molar-refractivity contribution in [3.63, 3.8) is 0 Å². The van der Waals surface area contributed by atoms with Crippen LogP contribution in [0.2, 0.25) is 0 Å². The molecule has 0 aromatic heterocycles. The second-order valence-electron chi connectivity index (χ2n) is 10.3. The van der Waals surface area contributed by atoms with Crippen molar-refractivity contribution in [3.8, 4) is 11.5 Å². The lowest BCUT2D eigenvalue weighted by Gasteiger charge is -2.30. The summed E-state index contributed by atoms with van der Waals surface area (Å²) in [6, 6.07) is 15.4. The number of benzene rings is 2. The first kappa shape index (κ1) is 29.5. The lowest BCUT2D eigenvalue weighted by molar-refractivity contribution is 0.0816. The Labute approximate surface area is 217 Å². The minimum Gasteiger partial charge on any atom is -0.492 e. The average molecular weight is 497 g/mol. The van der Waals surface area contributed by atoms with Crippen molar-refractivity contribution in [2.24, 2.45) is 0 Å². The monoisotopic (exact) mass is 496 g/mol. The molecule has 0 fully saturated rings. The summed E-state index contributed by atoms with van der Waals surface area (Å²) in [6.07, 6.45) is 0. The number of hydrogen-bond acceptors (Lipinski definition) is 6. The Hall–Kier alpha value is -2.70. The Balaban J connectivity index is 2.00. The van der Waals surface area contributed by atoms with E-state index >= 15 is 0 Å². The molecule has 6 nitrogen and oxygen atoms in total. The van der Waals surface area contributed by atoms with Crippen molar-refractivity contribution >= 4 is 11.6 Å². The largest absolute Gasteiger partial charge is 0.492 e. The van der Waals surface area contributed by atoms with E-state index in [1.807, 2.05) is 12.1 Å². The number of ether oxygens (including phenoxy) is 2. The number of carbonyl (C=O) groups excluding carboxylic acids is 2. The fourth-order valence-corrected chi connectivity index (χ4v) is 4.48. The summed E-state index contributed by atoms with van der Waals surface area (Å²) in [5, 5.41) is 0. The molecule has 0 N–H and O–H groups in total. The van der Waals surface area contributed by atoms with Crippen LogP contribution in [0.15, 0.2) is 48.5 Å². The molecular formula is C30H44N2O4. The van der Waals surface area contributed by atoms with Gasteiger partial charge >= 0.3 is 0 Å². The molecule has 0 atom stereocenters. The van der Waals surface area contributed by atoms with E-state index in [2.05, 4.69) is 65.2 Å². The Morgan fingerprint density at radius 3 is 1.25 bits per heavy atom. The molecular weight excluding hydrogens is 452 g/mol. The summed E-state index contributed by atoms with van der Waals surface area (Å²) in [7, 11) is 0. The van der Waals surface area contributed by atoms with Crippen LogP contribution >= 0.6 is 0 Å². The molecule has 0 amide bonds. The standard InChI is InChI=1S/C30H44N2O4/c1-21(2)31(22(3)4)15-17-35-27-13-9-11-25(19-27)29(33)30(34)26-12-10-14-28(20-26)36-18-16-32(23(5)6)24(7)8/h9-14,19-24H,15-18H2,1-8H3. The predicted molar refractivity (Wildman–Crippen MR) is 146 cm³/mol. The van der Waals surface area contributed by atoms with Gasteiger partial charge in [0.15, 0.2) is 0 Å². The van der Waals surface area contributed by atoms with E-state index in [-0.39, 0.29) is 0 Å². The molecule has 2 aromatic rings. The molecule has 0 aliphatic rings. The average Bonchev–Trinajstić information content (AvgIpc) is 2.83. The van der Waals surface area contributed by atoms with Crippen molar-refractivity contribution in [2.75, 3.05) is 26.3 Å². The van der Waals surface area contributed by atoms with E-state index in [1.54, 1.807) is 36.4 Å². The third-order valence-electron chi connectivity index (χ3n) is 6.29. The lowest BCUT2D eigenvalue weighted by atomic mass is 10.0. The molecule has 0 aliphatic heterocycles. The van der Waals surface area contributed by atoms with Gasteiger partial charge in [-0.25, -0.2) is 0 Å². The van der Waals surface area contributed by atoms with Crippen LogP contribution in [0.5, 0.6) is 11.5 Å². The summed E-state index contributed by atoms with van der Waals surface area (Å²) in [4.78, 5) is 30.6. The highest BCUT2D eigenvalue weighted by molar-refractivity contribution is 6.49. The highest BCUT2D eigenvalue weighted by atomic mass is 16.5. The predicted octanol–water partition coefficient (Wildman–Crippen LogP) is 5.75. The molecule has 0 heterocycles. The van der Waals surface area contributed by atoms with Gasteiger partial charge in [0.2, 0.25) is 11.6 Å². The van der Waals surface area contributed by atoms with Crippen LogP contribution in [0.3, 0.4) is 0 Å². The second-order valence-corrected chi connectivity index (χ2v) is 10.3. The SMILES string of the molecule is CC(C)N(CCOc1cccc(C(=O)C(=O)c2cccc(OCCN(C(C)C)C(C)C)c2)c1)C(C)C. The van der Waals surface area contributed by atoms with Gasteiger partial charge in [-0.1, -0.05) is 24.3 Å². The topological polar surface area (TPSA) is 59.1 Å². The zero-order valence-corrected chi connectivity index (χ0v) is 23.3.